The highest BCUT2D eigenvalue weighted by atomic mass is 16.2. The molecule has 1 amide bonds. The fourth-order valence-corrected chi connectivity index (χ4v) is 1.43. The molecule has 0 aromatic carbocycles. The van der Waals surface area contributed by atoms with Crippen molar-refractivity contribution in [2.24, 2.45) is 0 Å². The van der Waals surface area contributed by atoms with Crippen molar-refractivity contribution in [3.8, 4) is 0 Å². The number of fused-ring (bicyclic) bond motifs is 1. The average molecular weight is 191 g/mol. The molecule has 0 saturated carbocycles. The van der Waals surface area contributed by atoms with Gasteiger partial charge in [-0.3, -0.25) is 4.79 Å². The standard InChI is InChI=1S/C10H13N3O/c1-3-10(2)9(14)12-7-5-4-6-11-8(7)13-10/h4-6H,3H2,1-2H3,(H,11,13)(H,12,14). The van der Waals surface area contributed by atoms with E-state index in [1.54, 1.807) is 12.3 Å². The minimum Gasteiger partial charge on any atom is -0.354 e. The summed E-state index contributed by atoms with van der Waals surface area (Å²) in [7, 11) is 0. The maximum Gasteiger partial charge on any atom is 0.249 e. The van der Waals surface area contributed by atoms with E-state index < -0.39 is 5.54 Å². The fraction of sp³-hybridized carbons (Fsp3) is 0.400. The molecule has 2 rings (SSSR count). The first kappa shape index (κ1) is 8.99. The molecule has 2 N–H and O–H groups in total. The van der Waals surface area contributed by atoms with Gasteiger partial charge in [0.1, 0.15) is 5.54 Å². The number of anilines is 2. The summed E-state index contributed by atoms with van der Waals surface area (Å²) >= 11 is 0. The number of nitrogens with zero attached hydrogens (tertiary/aromatic N) is 1. The Morgan fingerprint density at radius 3 is 3.07 bits per heavy atom. The Balaban J connectivity index is 2.41. The van der Waals surface area contributed by atoms with Crippen LogP contribution >= 0.6 is 0 Å². The van der Waals surface area contributed by atoms with Gasteiger partial charge in [-0.05, 0) is 25.5 Å². The van der Waals surface area contributed by atoms with Gasteiger partial charge in [0.2, 0.25) is 5.91 Å². The number of carbonyl (C=O) groups excluding carboxylic acids is 1. The third-order valence-electron chi connectivity index (χ3n) is 2.66. The van der Waals surface area contributed by atoms with Crippen LogP contribution in [0.3, 0.4) is 0 Å². The summed E-state index contributed by atoms with van der Waals surface area (Å²) in [6.45, 7) is 3.85. The molecule has 0 fully saturated rings. The maximum atomic E-state index is 11.7. The van der Waals surface area contributed by atoms with Gasteiger partial charge < -0.3 is 10.6 Å². The minimum atomic E-state index is -0.540. The molecule has 2 heterocycles. The van der Waals surface area contributed by atoms with Crippen LogP contribution in [0, 0.1) is 0 Å². The molecule has 1 aliphatic rings. The van der Waals surface area contributed by atoms with Gasteiger partial charge in [0.25, 0.3) is 0 Å². The summed E-state index contributed by atoms with van der Waals surface area (Å²) < 4.78 is 0. The number of amides is 1. The third-order valence-corrected chi connectivity index (χ3v) is 2.66. The Hall–Kier alpha value is -1.58. The highest BCUT2D eigenvalue weighted by molar-refractivity contribution is 6.04. The summed E-state index contributed by atoms with van der Waals surface area (Å²) in [6.07, 6.45) is 2.44. The second-order valence-electron chi connectivity index (χ2n) is 3.66. The highest BCUT2D eigenvalue weighted by Crippen LogP contribution is 2.29. The molecule has 1 unspecified atom stereocenters. The lowest BCUT2D eigenvalue weighted by molar-refractivity contribution is -0.120. The van der Waals surface area contributed by atoms with Crippen molar-refractivity contribution in [2.75, 3.05) is 10.6 Å². The number of carbonyl (C=O) groups is 1. The molecule has 4 nitrogen and oxygen atoms in total. The molecule has 1 aromatic heterocycles. The van der Waals surface area contributed by atoms with Crippen LogP contribution in [0.5, 0.6) is 0 Å². The molecular weight excluding hydrogens is 178 g/mol. The van der Waals surface area contributed by atoms with Crippen LogP contribution in [0.1, 0.15) is 20.3 Å². The molecule has 1 aromatic rings. The molecule has 1 atom stereocenters. The second-order valence-corrected chi connectivity index (χ2v) is 3.66. The number of aromatic nitrogens is 1. The van der Waals surface area contributed by atoms with Crippen LogP contribution < -0.4 is 10.6 Å². The summed E-state index contributed by atoms with van der Waals surface area (Å²) in [4.78, 5) is 15.9. The normalized spacial score (nSPS) is 24.9. The summed E-state index contributed by atoms with van der Waals surface area (Å²) in [6, 6.07) is 3.64. The lowest BCUT2D eigenvalue weighted by Crippen LogP contribution is -2.49. The topological polar surface area (TPSA) is 54.0 Å². The minimum absolute atomic E-state index is 0.000463. The quantitative estimate of drug-likeness (QED) is 0.709. The predicted octanol–water partition coefficient (Wildman–Crippen LogP) is 1.61. The van der Waals surface area contributed by atoms with Crippen LogP contribution in [-0.4, -0.2) is 16.4 Å². The Kier molecular flexibility index (Phi) is 1.91. The van der Waals surface area contributed by atoms with Crippen LogP contribution in [-0.2, 0) is 4.79 Å². The van der Waals surface area contributed by atoms with E-state index in [1.807, 2.05) is 19.9 Å². The molecule has 0 aliphatic carbocycles. The van der Waals surface area contributed by atoms with Gasteiger partial charge in [-0.25, -0.2) is 4.98 Å². The zero-order valence-corrected chi connectivity index (χ0v) is 8.29. The van der Waals surface area contributed by atoms with Crippen molar-refractivity contribution in [1.82, 2.24) is 4.98 Å². The molecule has 0 spiro atoms. The van der Waals surface area contributed by atoms with Gasteiger partial charge >= 0.3 is 0 Å². The van der Waals surface area contributed by atoms with Gasteiger partial charge in [-0.15, -0.1) is 0 Å². The second kappa shape index (κ2) is 2.97. The predicted molar refractivity (Wildman–Crippen MR) is 55.2 cm³/mol. The Morgan fingerprint density at radius 2 is 2.36 bits per heavy atom. The summed E-state index contributed by atoms with van der Waals surface area (Å²) in [5.74, 6) is 0.747. The molecule has 0 radical (unpaired) electrons. The number of hydrogen-bond donors (Lipinski definition) is 2. The molecule has 1 aliphatic heterocycles. The third kappa shape index (κ3) is 1.23. The average Bonchev–Trinajstić information content (AvgIpc) is 2.20. The van der Waals surface area contributed by atoms with Crippen molar-refractivity contribution in [2.45, 2.75) is 25.8 Å². The monoisotopic (exact) mass is 191 g/mol. The molecule has 4 heteroatoms. The van der Waals surface area contributed by atoms with E-state index in [0.717, 1.165) is 17.9 Å². The van der Waals surface area contributed by atoms with Gasteiger partial charge in [0, 0.05) is 6.20 Å². The smallest absolute Gasteiger partial charge is 0.249 e. The van der Waals surface area contributed by atoms with Crippen molar-refractivity contribution in [1.29, 1.82) is 0 Å². The lowest BCUT2D eigenvalue weighted by Gasteiger charge is -2.34. The SMILES string of the molecule is CCC1(C)Nc2ncccc2NC1=O. The fourth-order valence-electron chi connectivity index (χ4n) is 1.43. The number of nitrogens with one attached hydrogen (secondary N) is 2. The van der Waals surface area contributed by atoms with E-state index in [0.29, 0.717) is 0 Å². The van der Waals surface area contributed by atoms with Crippen LogP contribution in [0.15, 0.2) is 18.3 Å². The molecule has 0 saturated heterocycles. The van der Waals surface area contributed by atoms with Crippen molar-refractivity contribution >= 4 is 17.4 Å². The molecular formula is C10H13N3O. The zero-order chi connectivity index (χ0) is 10.2. The van der Waals surface area contributed by atoms with E-state index in [4.69, 9.17) is 0 Å². The summed E-state index contributed by atoms with van der Waals surface area (Å²) in [5.41, 5.74) is 0.213. The van der Waals surface area contributed by atoms with Gasteiger partial charge in [0.15, 0.2) is 5.82 Å². The molecule has 0 bridgehead atoms. The maximum absolute atomic E-state index is 11.7. The lowest BCUT2D eigenvalue weighted by atomic mass is 9.95. The van der Waals surface area contributed by atoms with Gasteiger partial charge in [0.05, 0.1) is 5.69 Å². The van der Waals surface area contributed by atoms with E-state index in [-0.39, 0.29) is 5.91 Å². The van der Waals surface area contributed by atoms with Crippen LogP contribution in [0.2, 0.25) is 0 Å². The van der Waals surface area contributed by atoms with Crippen molar-refractivity contribution < 1.29 is 4.79 Å². The number of hydrogen-bond acceptors (Lipinski definition) is 3. The zero-order valence-electron chi connectivity index (χ0n) is 8.29. The Labute approximate surface area is 82.7 Å². The van der Waals surface area contributed by atoms with E-state index in [2.05, 4.69) is 15.6 Å². The largest absolute Gasteiger partial charge is 0.354 e. The highest BCUT2D eigenvalue weighted by Gasteiger charge is 2.36. The Morgan fingerprint density at radius 1 is 1.57 bits per heavy atom. The van der Waals surface area contributed by atoms with Crippen molar-refractivity contribution in [3.05, 3.63) is 18.3 Å². The number of pyridine rings is 1. The van der Waals surface area contributed by atoms with E-state index in [1.165, 1.54) is 0 Å². The molecule has 14 heavy (non-hydrogen) atoms. The van der Waals surface area contributed by atoms with Gasteiger partial charge in [-0.2, -0.15) is 0 Å². The van der Waals surface area contributed by atoms with Crippen molar-refractivity contribution in [3.63, 3.8) is 0 Å². The van der Waals surface area contributed by atoms with Gasteiger partial charge in [-0.1, -0.05) is 6.92 Å². The first-order valence-corrected chi connectivity index (χ1v) is 4.70. The number of rotatable bonds is 1. The Bertz CT molecular complexity index is 377. The van der Waals surface area contributed by atoms with Crippen LogP contribution in [0.25, 0.3) is 0 Å². The van der Waals surface area contributed by atoms with Crippen LogP contribution in [0.4, 0.5) is 11.5 Å². The van der Waals surface area contributed by atoms with E-state index >= 15 is 0 Å². The first-order valence-electron chi connectivity index (χ1n) is 4.70. The molecule has 74 valence electrons. The first-order chi connectivity index (χ1) is 6.65. The summed E-state index contributed by atoms with van der Waals surface area (Å²) in [5, 5.41) is 5.99. The van der Waals surface area contributed by atoms with E-state index in [9.17, 15) is 4.79 Å².